The van der Waals surface area contributed by atoms with E-state index in [1.807, 2.05) is 7.05 Å². The Morgan fingerprint density at radius 3 is 2.45 bits per heavy atom. The normalized spacial score (nSPS) is 17.5. The Morgan fingerprint density at radius 1 is 1.10 bits per heavy atom. The van der Waals surface area contributed by atoms with E-state index in [2.05, 4.69) is 41.8 Å². The molecule has 112 valence electrons. The zero-order chi connectivity index (χ0) is 14.3. The summed E-state index contributed by atoms with van der Waals surface area (Å²) in [5.74, 6) is 0. The van der Waals surface area contributed by atoms with Gasteiger partial charge in [-0.15, -0.1) is 0 Å². The van der Waals surface area contributed by atoms with Gasteiger partial charge in [0.1, 0.15) is 0 Å². The molecule has 2 N–H and O–H groups in total. The molecule has 0 saturated heterocycles. The molecule has 0 bridgehead atoms. The number of hydrogen-bond acceptors (Lipinski definition) is 2. The van der Waals surface area contributed by atoms with E-state index in [9.17, 15) is 0 Å². The highest BCUT2D eigenvalue weighted by Crippen LogP contribution is 2.40. The molecule has 0 spiro atoms. The highest BCUT2D eigenvalue weighted by Gasteiger charge is 2.31. The lowest BCUT2D eigenvalue weighted by Crippen LogP contribution is -2.31. The Bertz CT molecular complexity index is 394. The van der Waals surface area contributed by atoms with Gasteiger partial charge < -0.3 is 10.6 Å². The van der Waals surface area contributed by atoms with Gasteiger partial charge in [0.15, 0.2) is 0 Å². The van der Waals surface area contributed by atoms with Gasteiger partial charge >= 0.3 is 0 Å². The van der Waals surface area contributed by atoms with Crippen LogP contribution in [0.25, 0.3) is 0 Å². The third-order valence-electron chi connectivity index (χ3n) is 4.99. The van der Waals surface area contributed by atoms with E-state index in [1.165, 1.54) is 49.8 Å². The Kier molecular flexibility index (Phi) is 6.06. The molecule has 0 heterocycles. The molecule has 2 heteroatoms. The maximum atomic E-state index is 3.73. The molecule has 1 saturated carbocycles. The molecule has 1 aromatic carbocycles. The van der Waals surface area contributed by atoms with Gasteiger partial charge in [0.2, 0.25) is 0 Å². The molecule has 2 rings (SSSR count). The van der Waals surface area contributed by atoms with Crippen molar-refractivity contribution in [2.24, 2.45) is 5.41 Å². The summed E-state index contributed by atoms with van der Waals surface area (Å²) in [6, 6.07) is 8.84. The van der Waals surface area contributed by atoms with Crippen molar-refractivity contribution in [1.82, 2.24) is 10.6 Å². The third-order valence-corrected chi connectivity index (χ3v) is 4.99. The average molecular weight is 274 g/mol. The Morgan fingerprint density at radius 2 is 1.80 bits per heavy atom. The molecule has 1 aliphatic rings. The summed E-state index contributed by atoms with van der Waals surface area (Å²) >= 11 is 0. The van der Waals surface area contributed by atoms with Crippen molar-refractivity contribution in [2.45, 2.75) is 52.0 Å². The van der Waals surface area contributed by atoms with Crippen LogP contribution < -0.4 is 10.6 Å². The van der Waals surface area contributed by atoms with Crippen LogP contribution in [0.4, 0.5) is 0 Å². The summed E-state index contributed by atoms with van der Waals surface area (Å²) < 4.78 is 0. The van der Waals surface area contributed by atoms with Crippen LogP contribution in [0.5, 0.6) is 0 Å². The fourth-order valence-electron chi connectivity index (χ4n) is 3.48. The molecule has 0 atom stereocenters. The smallest absolute Gasteiger partial charge is 0.0208 e. The Hall–Kier alpha value is -0.860. The minimum Gasteiger partial charge on any atom is -0.319 e. The van der Waals surface area contributed by atoms with Crippen LogP contribution >= 0.6 is 0 Å². The van der Waals surface area contributed by atoms with E-state index in [0.29, 0.717) is 5.41 Å². The molecule has 1 aliphatic carbocycles. The average Bonchev–Trinajstić information content (AvgIpc) is 2.96. The topological polar surface area (TPSA) is 24.1 Å². The molecule has 20 heavy (non-hydrogen) atoms. The monoisotopic (exact) mass is 274 g/mol. The third kappa shape index (κ3) is 4.07. The molecule has 0 aliphatic heterocycles. The predicted molar refractivity (Wildman–Crippen MR) is 87.0 cm³/mol. The maximum Gasteiger partial charge on any atom is 0.0208 e. The van der Waals surface area contributed by atoms with Gasteiger partial charge in [0.25, 0.3) is 0 Å². The quantitative estimate of drug-likeness (QED) is 0.758. The minimum atomic E-state index is 0.583. The summed E-state index contributed by atoms with van der Waals surface area (Å²) in [5.41, 5.74) is 3.53. The molecule has 2 nitrogen and oxygen atoms in total. The van der Waals surface area contributed by atoms with E-state index in [0.717, 1.165) is 19.5 Å². The molecular formula is C18H30N2. The van der Waals surface area contributed by atoms with Crippen LogP contribution in [-0.2, 0) is 13.0 Å². The fourth-order valence-corrected chi connectivity index (χ4v) is 3.48. The van der Waals surface area contributed by atoms with Crippen LogP contribution in [0, 0.1) is 5.41 Å². The first-order valence-electron chi connectivity index (χ1n) is 8.22. The summed E-state index contributed by atoms with van der Waals surface area (Å²) in [4.78, 5) is 0. The summed E-state index contributed by atoms with van der Waals surface area (Å²) in [7, 11) is 2.02. The van der Waals surface area contributed by atoms with Crippen LogP contribution in [0.1, 0.15) is 50.2 Å². The van der Waals surface area contributed by atoms with Crippen LogP contribution in [0.2, 0.25) is 0 Å². The van der Waals surface area contributed by atoms with E-state index in [-0.39, 0.29) is 0 Å². The van der Waals surface area contributed by atoms with Gasteiger partial charge in [0.05, 0.1) is 0 Å². The van der Waals surface area contributed by atoms with Crippen molar-refractivity contribution in [3.8, 4) is 0 Å². The van der Waals surface area contributed by atoms with Gasteiger partial charge in [-0.05, 0) is 55.8 Å². The highest BCUT2D eigenvalue weighted by atomic mass is 14.9. The van der Waals surface area contributed by atoms with Crippen molar-refractivity contribution >= 4 is 0 Å². The first-order valence-corrected chi connectivity index (χ1v) is 8.22. The second-order valence-corrected chi connectivity index (χ2v) is 6.29. The minimum absolute atomic E-state index is 0.583. The standard InChI is InChI=1S/C18H30N2/c1-3-18(11-6-7-12-18)15-20-14-17-9-5-4-8-16(17)10-13-19-2/h4-5,8-9,19-20H,3,6-7,10-15H2,1-2H3. The van der Waals surface area contributed by atoms with Crippen LogP contribution in [-0.4, -0.2) is 20.1 Å². The lowest BCUT2D eigenvalue weighted by molar-refractivity contribution is 0.268. The number of nitrogens with one attached hydrogen (secondary N) is 2. The van der Waals surface area contributed by atoms with E-state index in [1.54, 1.807) is 0 Å². The summed E-state index contributed by atoms with van der Waals surface area (Å²) in [5, 5.41) is 6.97. The zero-order valence-corrected chi connectivity index (χ0v) is 13.2. The second-order valence-electron chi connectivity index (χ2n) is 6.29. The first kappa shape index (κ1) is 15.5. The molecule has 0 aromatic heterocycles. The van der Waals surface area contributed by atoms with Gasteiger partial charge in [-0.1, -0.05) is 44.0 Å². The molecule has 0 unspecified atom stereocenters. The van der Waals surface area contributed by atoms with Crippen molar-refractivity contribution in [3.63, 3.8) is 0 Å². The predicted octanol–water partition coefficient (Wildman–Crippen LogP) is 3.51. The molecular weight excluding hydrogens is 244 g/mol. The largest absolute Gasteiger partial charge is 0.319 e. The summed E-state index contributed by atoms with van der Waals surface area (Å²) in [6.07, 6.45) is 8.12. The van der Waals surface area contributed by atoms with E-state index >= 15 is 0 Å². The van der Waals surface area contributed by atoms with Crippen LogP contribution in [0.3, 0.4) is 0 Å². The number of rotatable bonds is 8. The Balaban J connectivity index is 1.87. The van der Waals surface area contributed by atoms with E-state index < -0.39 is 0 Å². The maximum absolute atomic E-state index is 3.73. The lowest BCUT2D eigenvalue weighted by atomic mass is 9.83. The molecule has 1 fully saturated rings. The highest BCUT2D eigenvalue weighted by molar-refractivity contribution is 5.27. The molecule has 1 aromatic rings. The van der Waals surface area contributed by atoms with Gasteiger partial charge in [0, 0.05) is 13.1 Å². The second kappa shape index (κ2) is 7.80. The molecule has 0 amide bonds. The van der Waals surface area contributed by atoms with Crippen molar-refractivity contribution in [1.29, 1.82) is 0 Å². The van der Waals surface area contributed by atoms with Crippen LogP contribution in [0.15, 0.2) is 24.3 Å². The van der Waals surface area contributed by atoms with E-state index in [4.69, 9.17) is 0 Å². The van der Waals surface area contributed by atoms with Crippen molar-refractivity contribution < 1.29 is 0 Å². The Labute approximate surface area is 124 Å². The lowest BCUT2D eigenvalue weighted by Gasteiger charge is -2.28. The fraction of sp³-hybridized carbons (Fsp3) is 0.667. The molecule has 0 radical (unpaired) electrons. The summed E-state index contributed by atoms with van der Waals surface area (Å²) in [6.45, 7) is 5.61. The zero-order valence-electron chi connectivity index (χ0n) is 13.2. The number of hydrogen-bond donors (Lipinski definition) is 2. The van der Waals surface area contributed by atoms with Gasteiger partial charge in [-0.2, -0.15) is 0 Å². The van der Waals surface area contributed by atoms with Crippen molar-refractivity contribution in [2.75, 3.05) is 20.1 Å². The number of benzene rings is 1. The number of likely N-dealkylation sites (N-methyl/N-ethyl adjacent to an activating group) is 1. The SMILES string of the molecule is CCC1(CNCc2ccccc2CCNC)CCCC1. The first-order chi connectivity index (χ1) is 9.79. The van der Waals surface area contributed by atoms with Crippen molar-refractivity contribution in [3.05, 3.63) is 35.4 Å². The van der Waals surface area contributed by atoms with Gasteiger partial charge in [-0.25, -0.2) is 0 Å². The van der Waals surface area contributed by atoms with Gasteiger partial charge in [-0.3, -0.25) is 0 Å².